The van der Waals surface area contributed by atoms with Gasteiger partial charge in [-0.3, -0.25) is 4.90 Å². The average Bonchev–Trinajstić information content (AvgIpc) is 2.17. The molecular weight excluding hydrogens is 208 g/mol. The van der Waals surface area contributed by atoms with Crippen LogP contribution in [0.15, 0.2) is 30.3 Å². The monoisotopic (exact) mass is 226 g/mol. The predicted molar refractivity (Wildman–Crippen MR) is 66.2 cm³/mol. The van der Waals surface area contributed by atoms with Crippen LogP contribution in [-0.4, -0.2) is 23.5 Å². The number of likely N-dealkylation sites (tertiary alicyclic amines) is 1. The van der Waals surface area contributed by atoms with E-state index >= 15 is 0 Å². The van der Waals surface area contributed by atoms with Crippen molar-refractivity contribution in [3.63, 3.8) is 0 Å². The van der Waals surface area contributed by atoms with Gasteiger partial charge in [-0.2, -0.15) is 0 Å². The predicted octanol–water partition coefficient (Wildman–Crippen LogP) is 2.03. The van der Waals surface area contributed by atoms with Crippen molar-refractivity contribution in [1.82, 2.24) is 4.90 Å². The van der Waals surface area contributed by atoms with Crippen LogP contribution in [0, 0.1) is 0 Å². The highest BCUT2D eigenvalue weighted by Gasteiger charge is 2.37. The van der Waals surface area contributed by atoms with Crippen molar-refractivity contribution in [2.75, 3.05) is 13.1 Å². The summed E-state index contributed by atoms with van der Waals surface area (Å²) in [5.74, 6) is 0. The fraction of sp³-hybridized carbons (Fsp3) is 0.500. The van der Waals surface area contributed by atoms with E-state index in [1.54, 1.807) is 0 Å². The van der Waals surface area contributed by atoms with Gasteiger partial charge in [0, 0.05) is 25.2 Å². The second kappa shape index (κ2) is 4.97. The van der Waals surface area contributed by atoms with Gasteiger partial charge >= 0.3 is 0 Å². The van der Waals surface area contributed by atoms with Gasteiger partial charge in [0.2, 0.25) is 0 Å². The molecule has 1 fully saturated rings. The van der Waals surface area contributed by atoms with E-state index in [-0.39, 0.29) is 17.9 Å². The molecule has 1 aromatic rings. The number of nitrogens with zero attached hydrogens (tertiary/aromatic N) is 1. The Morgan fingerprint density at radius 3 is 2.40 bits per heavy atom. The molecule has 1 heterocycles. The standard InChI is InChI=1S/C12H18N2.ClH/c1-2-12(13)9-14(10-12)8-11-6-4-3-5-7-11;/h3-7H,2,8-10,13H2,1H3;1H. The molecule has 1 aliphatic heterocycles. The van der Waals surface area contributed by atoms with E-state index in [9.17, 15) is 0 Å². The molecule has 0 spiro atoms. The highest BCUT2D eigenvalue weighted by atomic mass is 35.5. The highest BCUT2D eigenvalue weighted by Crippen LogP contribution is 2.23. The molecule has 84 valence electrons. The summed E-state index contributed by atoms with van der Waals surface area (Å²) in [5.41, 5.74) is 7.58. The van der Waals surface area contributed by atoms with Crippen molar-refractivity contribution in [3.05, 3.63) is 35.9 Å². The number of benzene rings is 1. The summed E-state index contributed by atoms with van der Waals surface area (Å²) >= 11 is 0. The molecular formula is C12H19ClN2. The van der Waals surface area contributed by atoms with Gasteiger partial charge in [-0.1, -0.05) is 37.3 Å². The second-order valence-corrected chi connectivity index (χ2v) is 4.35. The topological polar surface area (TPSA) is 29.3 Å². The van der Waals surface area contributed by atoms with Gasteiger partial charge in [0.05, 0.1) is 0 Å². The lowest BCUT2D eigenvalue weighted by molar-refractivity contribution is 0.0607. The Balaban J connectivity index is 0.00000112. The minimum atomic E-state index is 0. The van der Waals surface area contributed by atoms with E-state index in [0.717, 1.165) is 26.1 Å². The Hall–Kier alpha value is -0.570. The van der Waals surface area contributed by atoms with E-state index < -0.39 is 0 Å². The summed E-state index contributed by atoms with van der Waals surface area (Å²) in [6.07, 6.45) is 1.08. The molecule has 2 rings (SSSR count). The summed E-state index contributed by atoms with van der Waals surface area (Å²) in [6, 6.07) is 10.6. The van der Waals surface area contributed by atoms with Crippen molar-refractivity contribution >= 4 is 12.4 Å². The average molecular weight is 227 g/mol. The number of halogens is 1. The first kappa shape index (κ1) is 12.5. The van der Waals surface area contributed by atoms with Crippen molar-refractivity contribution in [1.29, 1.82) is 0 Å². The molecule has 2 nitrogen and oxygen atoms in total. The van der Waals surface area contributed by atoms with Gasteiger partial charge in [0.1, 0.15) is 0 Å². The van der Waals surface area contributed by atoms with E-state index in [0.29, 0.717) is 0 Å². The summed E-state index contributed by atoms with van der Waals surface area (Å²) in [5, 5.41) is 0. The Morgan fingerprint density at radius 2 is 1.87 bits per heavy atom. The highest BCUT2D eigenvalue weighted by molar-refractivity contribution is 5.85. The zero-order valence-corrected chi connectivity index (χ0v) is 9.96. The summed E-state index contributed by atoms with van der Waals surface area (Å²) in [6.45, 7) is 5.29. The summed E-state index contributed by atoms with van der Waals surface area (Å²) in [7, 11) is 0. The van der Waals surface area contributed by atoms with E-state index in [4.69, 9.17) is 5.73 Å². The third kappa shape index (κ3) is 2.94. The Labute approximate surface area is 97.9 Å². The van der Waals surface area contributed by atoms with Crippen LogP contribution < -0.4 is 5.73 Å². The molecule has 0 bridgehead atoms. The number of nitrogens with two attached hydrogens (primary N) is 1. The maximum absolute atomic E-state index is 6.10. The zero-order chi connectivity index (χ0) is 10.0. The van der Waals surface area contributed by atoms with Crippen LogP contribution in [0.1, 0.15) is 18.9 Å². The smallest absolute Gasteiger partial charge is 0.0410 e. The quantitative estimate of drug-likeness (QED) is 0.855. The maximum Gasteiger partial charge on any atom is 0.0410 e. The van der Waals surface area contributed by atoms with Gasteiger partial charge < -0.3 is 5.73 Å². The first-order chi connectivity index (χ1) is 6.72. The first-order valence-corrected chi connectivity index (χ1v) is 5.27. The van der Waals surface area contributed by atoms with Crippen LogP contribution in [0.25, 0.3) is 0 Å². The van der Waals surface area contributed by atoms with E-state index in [1.165, 1.54) is 5.56 Å². The fourth-order valence-corrected chi connectivity index (χ4v) is 2.02. The minimum Gasteiger partial charge on any atom is -0.323 e. The van der Waals surface area contributed by atoms with Crippen molar-refractivity contribution in [2.45, 2.75) is 25.4 Å². The summed E-state index contributed by atoms with van der Waals surface area (Å²) < 4.78 is 0. The van der Waals surface area contributed by atoms with Gasteiger partial charge in [0.25, 0.3) is 0 Å². The van der Waals surface area contributed by atoms with Crippen LogP contribution in [0.2, 0.25) is 0 Å². The van der Waals surface area contributed by atoms with Crippen LogP contribution in [0.5, 0.6) is 0 Å². The van der Waals surface area contributed by atoms with Gasteiger partial charge in [-0.15, -0.1) is 12.4 Å². The largest absolute Gasteiger partial charge is 0.323 e. The molecule has 3 heteroatoms. The zero-order valence-electron chi connectivity index (χ0n) is 9.15. The molecule has 0 unspecified atom stereocenters. The van der Waals surface area contributed by atoms with Crippen LogP contribution >= 0.6 is 12.4 Å². The maximum atomic E-state index is 6.10. The molecule has 0 aliphatic carbocycles. The van der Waals surface area contributed by atoms with Crippen molar-refractivity contribution in [3.8, 4) is 0 Å². The Morgan fingerprint density at radius 1 is 1.27 bits per heavy atom. The van der Waals surface area contributed by atoms with Crippen LogP contribution in [0.4, 0.5) is 0 Å². The fourth-order valence-electron chi connectivity index (χ4n) is 2.02. The van der Waals surface area contributed by atoms with Crippen molar-refractivity contribution < 1.29 is 0 Å². The molecule has 15 heavy (non-hydrogen) atoms. The third-order valence-corrected chi connectivity index (χ3v) is 3.03. The normalized spacial score (nSPS) is 19.1. The lowest BCUT2D eigenvalue weighted by atomic mass is 9.88. The molecule has 1 saturated heterocycles. The lowest BCUT2D eigenvalue weighted by Gasteiger charge is -2.47. The number of rotatable bonds is 3. The molecule has 1 aliphatic rings. The minimum absolute atomic E-state index is 0. The lowest BCUT2D eigenvalue weighted by Crippen LogP contribution is -2.66. The third-order valence-electron chi connectivity index (χ3n) is 3.03. The first-order valence-electron chi connectivity index (χ1n) is 5.27. The van der Waals surface area contributed by atoms with E-state index in [1.807, 2.05) is 0 Å². The molecule has 1 aromatic carbocycles. The van der Waals surface area contributed by atoms with Crippen LogP contribution in [-0.2, 0) is 6.54 Å². The second-order valence-electron chi connectivity index (χ2n) is 4.35. The molecule has 2 N–H and O–H groups in total. The number of hydrogen-bond donors (Lipinski definition) is 1. The Bertz CT molecular complexity index is 294. The van der Waals surface area contributed by atoms with Gasteiger partial charge in [0.15, 0.2) is 0 Å². The van der Waals surface area contributed by atoms with Gasteiger partial charge in [-0.05, 0) is 12.0 Å². The SMILES string of the molecule is CCC1(N)CN(Cc2ccccc2)C1.Cl. The molecule has 0 atom stereocenters. The molecule has 0 saturated carbocycles. The Kier molecular flexibility index (Phi) is 4.14. The molecule has 0 radical (unpaired) electrons. The van der Waals surface area contributed by atoms with Crippen molar-refractivity contribution in [2.24, 2.45) is 5.73 Å². The molecule has 0 aromatic heterocycles. The van der Waals surface area contributed by atoms with Gasteiger partial charge in [-0.25, -0.2) is 0 Å². The number of hydrogen-bond acceptors (Lipinski definition) is 2. The molecule has 0 amide bonds. The summed E-state index contributed by atoms with van der Waals surface area (Å²) in [4.78, 5) is 2.40. The van der Waals surface area contributed by atoms with E-state index in [2.05, 4.69) is 42.2 Å². The van der Waals surface area contributed by atoms with Crippen LogP contribution in [0.3, 0.4) is 0 Å².